The summed E-state index contributed by atoms with van der Waals surface area (Å²) in [5.74, 6) is -4.66. The van der Waals surface area contributed by atoms with Crippen molar-refractivity contribution in [1.29, 1.82) is 0 Å². The van der Waals surface area contributed by atoms with Crippen molar-refractivity contribution >= 4 is 45.1 Å². The molecule has 2 rings (SSSR count). The molecule has 2 nitrogen and oxygen atoms in total. The molecule has 0 fully saturated rings. The third kappa shape index (κ3) is 14.1. The van der Waals surface area contributed by atoms with Gasteiger partial charge in [0.1, 0.15) is 11.6 Å². The number of alkyl halides is 6. The number of benzene rings is 2. The predicted molar refractivity (Wildman–Crippen MR) is 140 cm³/mol. The summed E-state index contributed by atoms with van der Waals surface area (Å²) >= 11 is -0.254. The number of rotatable bonds is 17. The van der Waals surface area contributed by atoms with Crippen LogP contribution in [0.15, 0.2) is 34.1 Å². The highest BCUT2D eigenvalue weighted by atomic mass is 33.1. The Balaban J connectivity index is 1.86. The highest BCUT2D eigenvalue weighted by molar-refractivity contribution is 8.76. The van der Waals surface area contributed by atoms with E-state index in [0.29, 0.717) is 37.8 Å². The van der Waals surface area contributed by atoms with Gasteiger partial charge in [0, 0.05) is 35.8 Å². The van der Waals surface area contributed by atoms with Crippen molar-refractivity contribution < 1.29 is 53.4 Å². The van der Waals surface area contributed by atoms with Crippen LogP contribution in [-0.2, 0) is 0 Å². The first kappa shape index (κ1) is 34.9. The van der Waals surface area contributed by atoms with Crippen molar-refractivity contribution in [2.24, 2.45) is 0 Å². The molecule has 16 heteroatoms. The first-order chi connectivity index (χ1) is 18.7. The van der Waals surface area contributed by atoms with E-state index in [9.17, 15) is 43.9 Å². The van der Waals surface area contributed by atoms with Crippen molar-refractivity contribution in [3.05, 3.63) is 47.5 Å². The summed E-state index contributed by atoms with van der Waals surface area (Å²) < 4.78 is 140. The van der Waals surface area contributed by atoms with E-state index in [4.69, 9.17) is 9.47 Å². The molecule has 0 atom stereocenters. The van der Waals surface area contributed by atoms with Gasteiger partial charge < -0.3 is 9.47 Å². The molecule has 0 saturated heterocycles. The second kappa shape index (κ2) is 17.0. The maximum absolute atomic E-state index is 14.3. The Morgan fingerprint density at radius 2 is 0.875 bits per heavy atom. The molecule has 0 saturated carbocycles. The Bertz CT molecular complexity index is 984. The smallest absolute Gasteiger partial charge is 0.441 e. The fourth-order valence-electron chi connectivity index (χ4n) is 2.96. The molecular formula is C24H24F10O2S4. The number of hydrogen-bond donors (Lipinski definition) is 0. The van der Waals surface area contributed by atoms with Crippen molar-refractivity contribution in [3.8, 4) is 11.5 Å². The number of hydrogen-bond acceptors (Lipinski definition) is 6. The molecule has 0 amide bonds. The molecule has 2 aromatic rings. The van der Waals surface area contributed by atoms with E-state index in [-0.39, 0.29) is 82.4 Å². The fraction of sp³-hybridized carbons (Fsp3) is 0.500. The van der Waals surface area contributed by atoms with E-state index >= 15 is 0 Å². The molecule has 40 heavy (non-hydrogen) atoms. The minimum Gasteiger partial charge on any atom is -0.490 e. The first-order valence-corrected chi connectivity index (χ1v) is 15.9. The van der Waals surface area contributed by atoms with Crippen LogP contribution < -0.4 is 9.47 Å². The molecule has 0 radical (unpaired) electrons. The summed E-state index contributed by atoms with van der Waals surface area (Å²) in [6, 6.07) is 3.30. The van der Waals surface area contributed by atoms with Crippen LogP contribution in [0, 0.1) is 23.3 Å². The Hall–Kier alpha value is -1.26. The van der Waals surface area contributed by atoms with Gasteiger partial charge in [0.15, 0.2) is 23.1 Å². The SMILES string of the molecule is Fc1cc(F)c(SSc2cc(OCCCCCSC(F)(F)F)c(F)cc2F)cc1OCCCCCSC(F)(F)F. The van der Waals surface area contributed by atoms with Gasteiger partial charge in [-0.3, -0.25) is 0 Å². The molecule has 0 aliphatic rings. The standard InChI is InChI=1S/C24H24F10O2S4/c25-15-11-17(27)21(13-19(15)35-7-3-1-5-9-37-23(29,30)31)39-40-22-14-20(16(26)12-18(22)28)36-8-4-2-6-10-38-24(32,33)34/h11-14H,1-10H2. The highest BCUT2D eigenvalue weighted by Gasteiger charge is 2.28. The van der Waals surface area contributed by atoms with Gasteiger partial charge in [0.25, 0.3) is 0 Å². The van der Waals surface area contributed by atoms with Crippen LogP contribution in [0.5, 0.6) is 11.5 Å². The predicted octanol–water partition coefficient (Wildman–Crippen LogP) is 10.6. The Morgan fingerprint density at radius 1 is 0.500 bits per heavy atom. The molecule has 2 aromatic carbocycles. The zero-order valence-corrected chi connectivity index (χ0v) is 23.9. The van der Waals surface area contributed by atoms with Gasteiger partial charge in [-0.25, -0.2) is 17.6 Å². The topological polar surface area (TPSA) is 18.5 Å². The quantitative estimate of drug-likeness (QED) is 0.0947. The molecule has 0 heterocycles. The highest BCUT2D eigenvalue weighted by Crippen LogP contribution is 2.43. The second-order valence-electron chi connectivity index (χ2n) is 8.00. The van der Waals surface area contributed by atoms with Crippen molar-refractivity contribution in [3.63, 3.8) is 0 Å². The maximum Gasteiger partial charge on any atom is 0.441 e. The largest absolute Gasteiger partial charge is 0.490 e. The summed E-state index contributed by atoms with van der Waals surface area (Å²) in [6.45, 7) is -0.0180. The third-order valence-corrected chi connectivity index (χ3v) is 8.85. The summed E-state index contributed by atoms with van der Waals surface area (Å²) in [5.41, 5.74) is -8.59. The summed E-state index contributed by atoms with van der Waals surface area (Å²) in [4.78, 5) is -0.211. The minimum absolute atomic E-state index is 0.00899. The molecular weight excluding hydrogens is 639 g/mol. The average Bonchev–Trinajstić information content (AvgIpc) is 2.83. The van der Waals surface area contributed by atoms with Gasteiger partial charge in [-0.1, -0.05) is 23.5 Å². The Labute approximate surface area is 241 Å². The van der Waals surface area contributed by atoms with Gasteiger partial charge >= 0.3 is 11.0 Å². The van der Waals surface area contributed by atoms with Crippen molar-refractivity contribution in [2.45, 2.75) is 59.3 Å². The second-order valence-corrected chi connectivity index (χ2v) is 12.5. The van der Waals surface area contributed by atoms with Crippen LogP contribution in [-0.4, -0.2) is 35.7 Å². The van der Waals surface area contributed by atoms with E-state index < -0.39 is 34.3 Å². The van der Waals surface area contributed by atoms with Crippen molar-refractivity contribution in [2.75, 3.05) is 24.7 Å². The lowest BCUT2D eigenvalue weighted by atomic mass is 10.2. The molecule has 0 aromatic heterocycles. The van der Waals surface area contributed by atoms with Gasteiger partial charge in [-0.2, -0.15) is 26.3 Å². The number of thioether (sulfide) groups is 2. The van der Waals surface area contributed by atoms with Crippen LogP contribution in [0.1, 0.15) is 38.5 Å². The zero-order chi connectivity index (χ0) is 29.8. The first-order valence-electron chi connectivity index (χ1n) is 11.7. The molecule has 0 spiro atoms. The molecule has 0 unspecified atom stereocenters. The van der Waals surface area contributed by atoms with Gasteiger partial charge in [0.2, 0.25) is 0 Å². The normalized spacial score (nSPS) is 12.2. The van der Waals surface area contributed by atoms with Crippen LogP contribution >= 0.6 is 45.1 Å². The number of ether oxygens (including phenoxy) is 2. The van der Waals surface area contributed by atoms with Gasteiger partial charge in [-0.15, -0.1) is 0 Å². The average molecular weight is 663 g/mol. The Kier molecular flexibility index (Phi) is 14.8. The number of unbranched alkanes of at least 4 members (excludes halogenated alkanes) is 4. The number of halogens is 10. The minimum atomic E-state index is -4.30. The van der Waals surface area contributed by atoms with Crippen LogP contribution in [0.4, 0.5) is 43.9 Å². The van der Waals surface area contributed by atoms with E-state index in [1.807, 2.05) is 0 Å². The monoisotopic (exact) mass is 662 g/mol. The third-order valence-electron chi connectivity index (χ3n) is 4.82. The lowest BCUT2D eigenvalue weighted by Crippen LogP contribution is -2.03. The van der Waals surface area contributed by atoms with Gasteiger partial charge in [0.05, 0.1) is 23.0 Å². The maximum atomic E-state index is 14.3. The Morgan fingerprint density at radius 3 is 1.23 bits per heavy atom. The van der Waals surface area contributed by atoms with E-state index in [0.717, 1.165) is 33.7 Å². The van der Waals surface area contributed by atoms with Crippen LogP contribution in [0.25, 0.3) is 0 Å². The van der Waals surface area contributed by atoms with Crippen LogP contribution in [0.2, 0.25) is 0 Å². The molecule has 226 valence electrons. The molecule has 0 bridgehead atoms. The van der Waals surface area contributed by atoms with Crippen molar-refractivity contribution in [1.82, 2.24) is 0 Å². The van der Waals surface area contributed by atoms with Crippen LogP contribution in [0.3, 0.4) is 0 Å². The molecule has 0 N–H and O–H groups in total. The van der Waals surface area contributed by atoms with E-state index in [1.54, 1.807) is 0 Å². The fourth-order valence-corrected chi connectivity index (χ4v) is 6.19. The summed E-state index contributed by atoms with van der Waals surface area (Å²) in [5, 5.41) is 0. The lowest BCUT2D eigenvalue weighted by molar-refractivity contribution is -0.0336. The summed E-state index contributed by atoms with van der Waals surface area (Å²) in [7, 11) is 1.43. The van der Waals surface area contributed by atoms with Gasteiger partial charge in [-0.05, 0) is 60.1 Å². The zero-order valence-electron chi connectivity index (χ0n) is 20.6. The lowest BCUT2D eigenvalue weighted by Gasteiger charge is -2.12. The molecule has 0 aliphatic carbocycles. The van der Waals surface area contributed by atoms with E-state index in [1.165, 1.54) is 0 Å². The molecule has 0 aliphatic heterocycles. The van der Waals surface area contributed by atoms with E-state index in [2.05, 4.69) is 0 Å². The summed E-state index contributed by atoms with van der Waals surface area (Å²) in [6.07, 6.45) is 2.09.